The topological polar surface area (TPSA) is 75.9 Å². The molecular weight excluding hydrogens is 665 g/mol. The quantitative estimate of drug-likeness (QED) is 0.195. The van der Waals surface area contributed by atoms with Crippen LogP contribution in [0, 0.1) is 0 Å². The summed E-state index contributed by atoms with van der Waals surface area (Å²) in [5.74, 6) is 1.40. The summed E-state index contributed by atoms with van der Waals surface area (Å²) in [5.41, 5.74) is 11.6. The number of aromatic nitrogens is 1. The van der Waals surface area contributed by atoms with E-state index in [9.17, 15) is 0 Å². The van der Waals surface area contributed by atoms with Gasteiger partial charge in [0, 0.05) is 49.8 Å². The SMILES string of the molecule is c1ccc(-c2ccc(C3=NC(c4ccc5c(c4)oc4ccccc45)NC(c4cccc(-c5cccc6oc7cc8cccnc8cc7c56)c4)=N3)cc2)cc1. The summed E-state index contributed by atoms with van der Waals surface area (Å²) in [7, 11) is 0. The Morgan fingerprint density at radius 1 is 0.481 bits per heavy atom. The molecule has 0 aliphatic carbocycles. The molecule has 0 spiro atoms. The Kier molecular flexibility index (Phi) is 6.82. The monoisotopic (exact) mass is 694 g/mol. The van der Waals surface area contributed by atoms with Gasteiger partial charge in [0.1, 0.15) is 34.3 Å². The molecule has 0 saturated heterocycles. The second-order valence-corrected chi connectivity index (χ2v) is 13.7. The van der Waals surface area contributed by atoms with E-state index < -0.39 is 6.17 Å². The summed E-state index contributed by atoms with van der Waals surface area (Å²) < 4.78 is 12.7. The predicted octanol–water partition coefficient (Wildman–Crippen LogP) is 11.9. The standard InChI is InChI=1S/C48H30N4O2/c1-2-9-29(10-3-1)30-18-20-31(21-19-30)46-50-47(52-48(51-46)35-22-23-38-37-14-4-5-16-41(37)53-43(38)27-35)34-12-6-11-32(25-34)36-15-7-17-42-45(36)39-28-40-33(13-8-24-49-40)26-44(39)54-42/h1-28,48H,(H,50,51,52). The molecule has 11 rings (SSSR count). The first kappa shape index (κ1) is 30.3. The number of hydrogen-bond acceptors (Lipinski definition) is 6. The maximum Gasteiger partial charge on any atom is 0.159 e. The number of nitrogens with one attached hydrogen (secondary N) is 1. The van der Waals surface area contributed by atoms with Crippen LogP contribution < -0.4 is 5.32 Å². The van der Waals surface area contributed by atoms with Gasteiger partial charge in [0.15, 0.2) is 5.84 Å². The minimum absolute atomic E-state index is 0.399. The second kappa shape index (κ2) is 12.1. The summed E-state index contributed by atoms with van der Waals surface area (Å²) >= 11 is 0. The number of fused-ring (bicyclic) bond motifs is 7. The highest BCUT2D eigenvalue weighted by Crippen LogP contribution is 2.39. The molecule has 0 amide bonds. The Morgan fingerprint density at radius 3 is 2.13 bits per heavy atom. The fraction of sp³-hybridized carbons (Fsp3) is 0.0208. The third-order valence-corrected chi connectivity index (χ3v) is 10.4. The fourth-order valence-corrected chi connectivity index (χ4v) is 7.72. The van der Waals surface area contributed by atoms with Gasteiger partial charge in [0.05, 0.1) is 5.52 Å². The van der Waals surface area contributed by atoms with Crippen LogP contribution in [0.25, 0.3) is 77.0 Å². The Bertz CT molecular complexity index is 3140. The van der Waals surface area contributed by atoms with Crippen LogP contribution in [0.3, 0.4) is 0 Å². The molecule has 7 aromatic carbocycles. The number of para-hydroxylation sites is 1. The molecule has 0 radical (unpaired) electrons. The number of aliphatic imine (C=N–C) groups is 2. The molecule has 1 aliphatic heterocycles. The molecule has 6 heteroatoms. The van der Waals surface area contributed by atoms with Gasteiger partial charge in [-0.25, -0.2) is 9.98 Å². The van der Waals surface area contributed by atoms with E-state index in [1.54, 1.807) is 0 Å². The molecule has 254 valence electrons. The van der Waals surface area contributed by atoms with Crippen molar-refractivity contribution in [1.82, 2.24) is 10.3 Å². The molecule has 10 aromatic rings. The Morgan fingerprint density at radius 2 is 1.20 bits per heavy atom. The molecule has 0 saturated carbocycles. The zero-order valence-electron chi connectivity index (χ0n) is 28.9. The highest BCUT2D eigenvalue weighted by Gasteiger charge is 2.23. The van der Waals surface area contributed by atoms with Crippen LogP contribution >= 0.6 is 0 Å². The van der Waals surface area contributed by atoms with Gasteiger partial charge in [-0.2, -0.15) is 0 Å². The van der Waals surface area contributed by atoms with Crippen LogP contribution in [0.15, 0.2) is 189 Å². The van der Waals surface area contributed by atoms with Crippen molar-refractivity contribution in [3.8, 4) is 22.3 Å². The zero-order valence-corrected chi connectivity index (χ0v) is 28.9. The highest BCUT2D eigenvalue weighted by molar-refractivity contribution is 6.17. The maximum atomic E-state index is 6.39. The van der Waals surface area contributed by atoms with Gasteiger partial charge in [-0.05, 0) is 64.7 Å². The van der Waals surface area contributed by atoms with Crippen LogP contribution in [0.4, 0.5) is 0 Å². The molecule has 1 unspecified atom stereocenters. The van der Waals surface area contributed by atoms with Gasteiger partial charge in [0.2, 0.25) is 0 Å². The van der Waals surface area contributed by atoms with E-state index in [2.05, 4.69) is 138 Å². The van der Waals surface area contributed by atoms with Crippen LogP contribution in [0.5, 0.6) is 0 Å². The fourth-order valence-electron chi connectivity index (χ4n) is 7.72. The maximum absolute atomic E-state index is 6.39. The van der Waals surface area contributed by atoms with Gasteiger partial charge >= 0.3 is 0 Å². The van der Waals surface area contributed by atoms with Crippen LogP contribution in [-0.4, -0.2) is 16.7 Å². The van der Waals surface area contributed by atoms with E-state index in [-0.39, 0.29) is 0 Å². The summed E-state index contributed by atoms with van der Waals surface area (Å²) in [6.07, 6.45) is 1.43. The van der Waals surface area contributed by atoms with E-state index in [4.69, 9.17) is 18.8 Å². The first-order chi connectivity index (χ1) is 26.7. The number of pyridine rings is 1. The number of nitrogens with zero attached hydrogens (tertiary/aromatic N) is 3. The van der Waals surface area contributed by atoms with Gasteiger partial charge in [-0.15, -0.1) is 0 Å². The normalized spacial score (nSPS) is 14.5. The van der Waals surface area contributed by atoms with Crippen molar-refractivity contribution in [3.63, 3.8) is 0 Å². The lowest BCUT2D eigenvalue weighted by Gasteiger charge is -2.24. The predicted molar refractivity (Wildman–Crippen MR) is 219 cm³/mol. The zero-order chi connectivity index (χ0) is 35.6. The van der Waals surface area contributed by atoms with Crippen molar-refractivity contribution in [2.45, 2.75) is 6.17 Å². The van der Waals surface area contributed by atoms with Crippen molar-refractivity contribution >= 4 is 66.5 Å². The number of rotatable bonds is 5. The average molecular weight is 695 g/mol. The van der Waals surface area contributed by atoms with E-state index >= 15 is 0 Å². The molecule has 6 nitrogen and oxygen atoms in total. The lowest BCUT2D eigenvalue weighted by Crippen LogP contribution is -2.33. The van der Waals surface area contributed by atoms with E-state index in [1.807, 2.05) is 42.6 Å². The number of amidine groups is 2. The van der Waals surface area contributed by atoms with Gasteiger partial charge < -0.3 is 14.2 Å². The third kappa shape index (κ3) is 5.07. The molecule has 54 heavy (non-hydrogen) atoms. The Hall–Kier alpha value is -7.31. The Balaban J connectivity index is 1.03. The van der Waals surface area contributed by atoms with Crippen LogP contribution in [-0.2, 0) is 0 Å². The summed E-state index contributed by atoms with van der Waals surface area (Å²) in [6.45, 7) is 0. The van der Waals surface area contributed by atoms with Crippen molar-refractivity contribution in [3.05, 3.63) is 187 Å². The smallest absolute Gasteiger partial charge is 0.159 e. The second-order valence-electron chi connectivity index (χ2n) is 13.7. The minimum Gasteiger partial charge on any atom is -0.456 e. The Labute approximate surface area is 309 Å². The van der Waals surface area contributed by atoms with E-state index in [0.717, 1.165) is 94.0 Å². The van der Waals surface area contributed by atoms with Crippen molar-refractivity contribution in [2.24, 2.45) is 9.98 Å². The van der Waals surface area contributed by atoms with Gasteiger partial charge in [0.25, 0.3) is 0 Å². The first-order valence-corrected chi connectivity index (χ1v) is 18.0. The van der Waals surface area contributed by atoms with Gasteiger partial charge in [-0.3, -0.25) is 4.98 Å². The summed E-state index contributed by atoms with van der Waals surface area (Å²) in [4.78, 5) is 15.0. The largest absolute Gasteiger partial charge is 0.456 e. The molecule has 1 N–H and O–H groups in total. The molecule has 3 aromatic heterocycles. The lowest BCUT2D eigenvalue weighted by atomic mass is 9.97. The van der Waals surface area contributed by atoms with E-state index in [0.29, 0.717) is 5.84 Å². The van der Waals surface area contributed by atoms with Crippen molar-refractivity contribution in [2.75, 3.05) is 0 Å². The summed E-state index contributed by atoms with van der Waals surface area (Å²) in [5, 5.41) is 9.01. The van der Waals surface area contributed by atoms with Crippen molar-refractivity contribution < 1.29 is 8.83 Å². The minimum atomic E-state index is -0.399. The lowest BCUT2D eigenvalue weighted by molar-refractivity contribution is 0.655. The first-order valence-electron chi connectivity index (χ1n) is 18.0. The molecule has 1 aliphatic rings. The number of hydrogen-bond donors (Lipinski definition) is 1. The highest BCUT2D eigenvalue weighted by atomic mass is 16.3. The summed E-state index contributed by atoms with van der Waals surface area (Å²) in [6, 6.07) is 56.3. The van der Waals surface area contributed by atoms with Crippen molar-refractivity contribution in [1.29, 1.82) is 0 Å². The molecule has 0 bridgehead atoms. The third-order valence-electron chi connectivity index (χ3n) is 10.4. The molecule has 0 fully saturated rings. The molecule has 1 atom stereocenters. The number of furan rings is 2. The average Bonchev–Trinajstić information content (AvgIpc) is 3.80. The van der Waals surface area contributed by atoms with Crippen LogP contribution in [0.1, 0.15) is 22.9 Å². The number of benzene rings is 7. The van der Waals surface area contributed by atoms with Crippen LogP contribution in [0.2, 0.25) is 0 Å². The van der Waals surface area contributed by atoms with Gasteiger partial charge in [-0.1, -0.05) is 121 Å². The van der Waals surface area contributed by atoms with E-state index in [1.165, 1.54) is 5.56 Å². The molecular formula is C48H30N4O2. The molecule has 4 heterocycles.